The Hall–Kier alpha value is -4.03. The smallest absolute Gasteiger partial charge is 0.160 e. The van der Waals surface area contributed by atoms with Crippen LogP contribution in [0.4, 0.5) is 0 Å². The van der Waals surface area contributed by atoms with E-state index in [0.29, 0.717) is 0 Å². The fourth-order valence-corrected chi connectivity index (χ4v) is 8.90. The standard InChI is InChI=1S/C39H35O2S3/c1-42(34-10-6-4-7-11-34)36-22-14-30(15-23-36)40-32-18-26-38(27-19-32)44(3)39-28-20-33(21-29-39)41-31-16-24-37(25-17-31)43(2)35-12-8-5-9-13-35/h4-29H,1-3H3/q+3. The van der Waals surface area contributed by atoms with Gasteiger partial charge in [-0.15, -0.1) is 0 Å². The van der Waals surface area contributed by atoms with Gasteiger partial charge in [-0.25, -0.2) is 0 Å². The largest absolute Gasteiger partial charge is 0.457 e. The Morgan fingerprint density at radius 1 is 0.273 bits per heavy atom. The van der Waals surface area contributed by atoms with Crippen molar-refractivity contribution >= 4 is 32.7 Å². The first-order valence-electron chi connectivity index (χ1n) is 14.4. The van der Waals surface area contributed by atoms with E-state index < -0.39 is 0 Å². The molecule has 5 heteroatoms. The molecular formula is C39H35O2S3+3. The second-order valence-corrected chi connectivity index (χ2v) is 16.1. The molecule has 0 bridgehead atoms. The quantitative estimate of drug-likeness (QED) is 0.140. The van der Waals surface area contributed by atoms with Gasteiger partial charge in [0.25, 0.3) is 0 Å². The lowest BCUT2D eigenvalue weighted by Crippen LogP contribution is -2.01. The van der Waals surface area contributed by atoms with Gasteiger partial charge >= 0.3 is 0 Å². The highest BCUT2D eigenvalue weighted by Gasteiger charge is 2.21. The first kappa shape index (κ1) is 30.0. The van der Waals surface area contributed by atoms with E-state index in [9.17, 15) is 0 Å². The maximum atomic E-state index is 6.16. The van der Waals surface area contributed by atoms with Crippen molar-refractivity contribution in [3.8, 4) is 23.0 Å². The van der Waals surface area contributed by atoms with E-state index >= 15 is 0 Å². The van der Waals surface area contributed by atoms with E-state index in [1.807, 2.05) is 0 Å². The van der Waals surface area contributed by atoms with Gasteiger partial charge in [0.05, 0.1) is 32.7 Å². The van der Waals surface area contributed by atoms with E-state index in [1.165, 1.54) is 29.4 Å². The maximum absolute atomic E-state index is 6.16. The minimum atomic E-state index is -0.0689. The van der Waals surface area contributed by atoms with Crippen molar-refractivity contribution in [1.82, 2.24) is 0 Å². The third-order valence-electron chi connectivity index (χ3n) is 7.37. The summed E-state index contributed by atoms with van der Waals surface area (Å²) in [4.78, 5) is 7.82. The Balaban J connectivity index is 1.04. The number of hydrogen-bond acceptors (Lipinski definition) is 2. The molecule has 2 unspecified atom stereocenters. The molecule has 44 heavy (non-hydrogen) atoms. The molecule has 0 aromatic heterocycles. The fourth-order valence-electron chi connectivity index (χ4n) is 4.78. The average molecular weight is 632 g/mol. The van der Waals surface area contributed by atoms with Crippen molar-refractivity contribution in [3.63, 3.8) is 0 Å². The summed E-state index contributed by atoms with van der Waals surface area (Å²) in [5.74, 6) is 3.37. The van der Waals surface area contributed by atoms with Crippen LogP contribution in [-0.4, -0.2) is 18.8 Å². The molecule has 6 aromatic rings. The first-order valence-corrected chi connectivity index (χ1v) is 19.3. The zero-order valence-corrected chi connectivity index (χ0v) is 27.5. The van der Waals surface area contributed by atoms with E-state index in [0.717, 1.165) is 23.0 Å². The molecule has 6 rings (SSSR count). The fraction of sp³-hybridized carbons (Fsp3) is 0.0769. The SMILES string of the molecule is C[S+](c1ccccc1)c1ccc(Oc2ccc([S+](C)c3ccc(Oc4ccc([S+](C)c5ccccc5)cc4)cc3)cc2)cc1. The topological polar surface area (TPSA) is 18.5 Å². The Bertz CT molecular complexity index is 1620. The number of ether oxygens (including phenoxy) is 2. The van der Waals surface area contributed by atoms with Gasteiger partial charge in [0.15, 0.2) is 29.4 Å². The van der Waals surface area contributed by atoms with Gasteiger partial charge in [0, 0.05) is 0 Å². The lowest BCUT2D eigenvalue weighted by molar-refractivity contribution is 0.481. The average Bonchev–Trinajstić information content (AvgIpc) is 3.09. The van der Waals surface area contributed by atoms with Gasteiger partial charge < -0.3 is 9.47 Å². The highest BCUT2D eigenvalue weighted by molar-refractivity contribution is 7.96. The van der Waals surface area contributed by atoms with Crippen molar-refractivity contribution in [2.75, 3.05) is 18.8 Å². The Kier molecular flexibility index (Phi) is 9.67. The molecule has 0 aliphatic rings. The first-order chi connectivity index (χ1) is 21.5. The molecule has 0 saturated heterocycles. The molecule has 0 aliphatic carbocycles. The van der Waals surface area contributed by atoms with Crippen LogP contribution in [0.25, 0.3) is 0 Å². The molecule has 2 atom stereocenters. The van der Waals surface area contributed by atoms with Gasteiger partial charge in [0.1, 0.15) is 41.8 Å². The van der Waals surface area contributed by atoms with Crippen molar-refractivity contribution in [3.05, 3.63) is 158 Å². The molecule has 0 amide bonds. The summed E-state index contributed by atoms with van der Waals surface area (Å²) >= 11 is 0. The Morgan fingerprint density at radius 3 is 0.705 bits per heavy atom. The second-order valence-electron chi connectivity index (χ2n) is 10.2. The molecule has 6 aromatic carbocycles. The second kappa shape index (κ2) is 14.2. The summed E-state index contributed by atoms with van der Waals surface area (Å²) in [5, 5.41) is 0. The minimum Gasteiger partial charge on any atom is -0.457 e. The van der Waals surface area contributed by atoms with Gasteiger partial charge in [-0.05, 0) is 121 Å². The van der Waals surface area contributed by atoms with Crippen LogP contribution in [0.2, 0.25) is 0 Å². The van der Waals surface area contributed by atoms with Gasteiger partial charge in [-0.2, -0.15) is 0 Å². The van der Waals surface area contributed by atoms with Crippen molar-refractivity contribution in [2.45, 2.75) is 29.4 Å². The molecule has 0 fully saturated rings. The lowest BCUT2D eigenvalue weighted by atomic mass is 10.3. The van der Waals surface area contributed by atoms with Gasteiger partial charge in [0.2, 0.25) is 0 Å². The van der Waals surface area contributed by atoms with Crippen molar-refractivity contribution in [2.24, 2.45) is 0 Å². The number of rotatable bonds is 10. The predicted octanol–water partition coefficient (Wildman–Crippen LogP) is 10.3. The summed E-state index contributed by atoms with van der Waals surface area (Å²) in [5.41, 5.74) is 0. The maximum Gasteiger partial charge on any atom is 0.160 e. The molecule has 0 N–H and O–H groups in total. The summed E-state index contributed by atoms with van der Waals surface area (Å²) < 4.78 is 12.3. The van der Waals surface area contributed by atoms with Gasteiger partial charge in [-0.3, -0.25) is 0 Å². The van der Waals surface area contributed by atoms with Crippen LogP contribution in [0.3, 0.4) is 0 Å². The molecule has 2 nitrogen and oxygen atoms in total. The molecule has 0 heterocycles. The highest BCUT2D eigenvalue weighted by Crippen LogP contribution is 2.31. The van der Waals surface area contributed by atoms with E-state index in [4.69, 9.17) is 9.47 Å². The van der Waals surface area contributed by atoms with Crippen LogP contribution in [0, 0.1) is 0 Å². The highest BCUT2D eigenvalue weighted by atomic mass is 32.2. The predicted molar refractivity (Wildman–Crippen MR) is 188 cm³/mol. The van der Waals surface area contributed by atoms with Crippen LogP contribution in [-0.2, 0) is 32.7 Å². The Labute approximate surface area is 269 Å². The molecule has 0 radical (unpaired) electrons. The minimum absolute atomic E-state index is 0.0386. The number of hydrogen-bond donors (Lipinski definition) is 0. The van der Waals surface area contributed by atoms with Crippen LogP contribution in [0.1, 0.15) is 0 Å². The summed E-state index contributed by atoms with van der Waals surface area (Å²) in [6, 6.07) is 55.0. The summed E-state index contributed by atoms with van der Waals surface area (Å²) in [6.45, 7) is 0. The summed E-state index contributed by atoms with van der Waals surface area (Å²) in [6.07, 6.45) is 6.78. The normalized spacial score (nSPS) is 13.1. The van der Waals surface area contributed by atoms with Crippen LogP contribution in [0.15, 0.2) is 187 Å². The van der Waals surface area contributed by atoms with E-state index in [-0.39, 0.29) is 32.7 Å². The van der Waals surface area contributed by atoms with Crippen LogP contribution >= 0.6 is 0 Å². The molecule has 218 valence electrons. The zero-order valence-electron chi connectivity index (χ0n) is 25.1. The van der Waals surface area contributed by atoms with E-state index in [1.54, 1.807) is 0 Å². The third-order valence-corrected chi connectivity index (χ3v) is 13.2. The third kappa shape index (κ3) is 7.36. The van der Waals surface area contributed by atoms with Crippen molar-refractivity contribution in [1.29, 1.82) is 0 Å². The molecule has 0 saturated carbocycles. The number of benzene rings is 6. The van der Waals surface area contributed by atoms with E-state index in [2.05, 4.69) is 176 Å². The zero-order chi connectivity index (χ0) is 30.3. The van der Waals surface area contributed by atoms with Crippen LogP contribution in [0.5, 0.6) is 23.0 Å². The summed E-state index contributed by atoms with van der Waals surface area (Å²) in [7, 11) is 0.00826. The molecule has 0 aliphatic heterocycles. The molecular weight excluding hydrogens is 597 g/mol. The van der Waals surface area contributed by atoms with Crippen molar-refractivity contribution < 1.29 is 9.47 Å². The monoisotopic (exact) mass is 631 g/mol. The Morgan fingerprint density at radius 2 is 0.477 bits per heavy atom. The molecule has 0 spiro atoms. The van der Waals surface area contributed by atoms with Gasteiger partial charge in [-0.1, -0.05) is 36.4 Å². The van der Waals surface area contributed by atoms with Crippen LogP contribution < -0.4 is 9.47 Å². The lowest BCUT2D eigenvalue weighted by Gasteiger charge is -2.09.